The minimum absolute atomic E-state index is 0.417. The van der Waals surface area contributed by atoms with Gasteiger partial charge >= 0.3 is 11.9 Å². The van der Waals surface area contributed by atoms with E-state index in [1.54, 1.807) is 0 Å². The van der Waals surface area contributed by atoms with Crippen LogP contribution in [0.4, 0.5) is 0 Å². The highest BCUT2D eigenvalue weighted by Crippen LogP contribution is 2.40. The summed E-state index contributed by atoms with van der Waals surface area (Å²) in [5.74, 6) is -0.766. The molecule has 0 atom stereocenters. The number of hydrogen-bond donors (Lipinski definition) is 1. The average molecular weight is 308 g/mol. The molecule has 23 heavy (non-hydrogen) atoms. The van der Waals surface area contributed by atoms with Crippen LogP contribution in [-0.4, -0.2) is 17.0 Å². The van der Waals surface area contributed by atoms with Crippen LogP contribution in [0.2, 0.25) is 0 Å². The summed E-state index contributed by atoms with van der Waals surface area (Å²) in [4.78, 5) is 20.6. The van der Waals surface area contributed by atoms with Gasteiger partial charge in [0.2, 0.25) is 0 Å². The van der Waals surface area contributed by atoms with Crippen LogP contribution in [0.3, 0.4) is 0 Å². The first-order chi connectivity index (χ1) is 11.1. The van der Waals surface area contributed by atoms with Crippen molar-refractivity contribution < 1.29 is 19.4 Å². The first-order valence-electron chi connectivity index (χ1n) is 6.96. The second kappa shape index (κ2) is 7.22. The highest BCUT2D eigenvalue weighted by atomic mass is 16.5. The molecular formula is C19H16O4. The normalized spacial score (nSPS) is 10.4. The van der Waals surface area contributed by atoms with Gasteiger partial charge in [0.25, 0.3) is 0 Å². The van der Waals surface area contributed by atoms with Crippen molar-refractivity contribution in [2.75, 3.05) is 0 Å². The molecule has 2 aromatic carbocycles. The third kappa shape index (κ3) is 3.74. The van der Waals surface area contributed by atoms with Crippen molar-refractivity contribution in [3.05, 3.63) is 78.9 Å². The lowest BCUT2D eigenvalue weighted by molar-refractivity contribution is -0.131. The minimum Gasteiger partial charge on any atom is -0.478 e. The van der Waals surface area contributed by atoms with Crippen molar-refractivity contribution in [1.82, 2.24) is 0 Å². The Labute approximate surface area is 134 Å². The van der Waals surface area contributed by atoms with E-state index in [4.69, 9.17) is 9.84 Å². The molecule has 1 aliphatic rings. The molecule has 3 rings (SSSR count). The summed E-state index contributed by atoms with van der Waals surface area (Å²) in [5, 5.41) is 7.60. The number of aliphatic carboxylic acids is 1. The average Bonchev–Trinajstić information content (AvgIpc) is 2.95. The largest absolute Gasteiger partial charge is 0.478 e. The Kier molecular flexibility index (Phi) is 5.10. The molecule has 116 valence electrons. The van der Waals surface area contributed by atoms with Gasteiger partial charge in [0.05, 0.1) is 0 Å². The summed E-state index contributed by atoms with van der Waals surface area (Å²) in [6.07, 6.45) is 2.83. The molecule has 0 spiro atoms. The number of carbonyl (C=O) groups excluding carboxylic acids is 1. The zero-order chi connectivity index (χ0) is 16.8. The molecule has 0 radical (unpaired) electrons. The number of carbonyl (C=O) groups is 2. The van der Waals surface area contributed by atoms with E-state index in [-0.39, 0.29) is 0 Å². The molecule has 4 heteroatoms. The van der Waals surface area contributed by atoms with Crippen molar-refractivity contribution in [2.45, 2.75) is 6.42 Å². The van der Waals surface area contributed by atoms with Gasteiger partial charge in [-0.05, 0) is 22.8 Å². The molecule has 0 saturated heterocycles. The summed E-state index contributed by atoms with van der Waals surface area (Å²) in [6.45, 7) is 6.38. The predicted octanol–water partition coefficient (Wildman–Crippen LogP) is 3.61. The monoisotopic (exact) mass is 308 g/mol. The van der Waals surface area contributed by atoms with Crippen molar-refractivity contribution >= 4 is 11.9 Å². The van der Waals surface area contributed by atoms with Crippen LogP contribution in [0.25, 0.3) is 11.1 Å². The van der Waals surface area contributed by atoms with Crippen LogP contribution >= 0.6 is 0 Å². The van der Waals surface area contributed by atoms with Gasteiger partial charge in [0.15, 0.2) is 0 Å². The second-order valence-corrected chi connectivity index (χ2v) is 4.78. The van der Waals surface area contributed by atoms with E-state index in [1.165, 1.54) is 17.2 Å². The smallest absolute Gasteiger partial charge is 0.335 e. The van der Waals surface area contributed by atoms with Crippen molar-refractivity contribution in [2.24, 2.45) is 0 Å². The quantitative estimate of drug-likeness (QED) is 0.456. The van der Waals surface area contributed by atoms with Crippen LogP contribution in [-0.2, 0) is 16.0 Å². The van der Waals surface area contributed by atoms with Gasteiger partial charge in [-0.3, -0.25) is 0 Å². The van der Waals surface area contributed by atoms with Crippen LogP contribution in [0.15, 0.2) is 67.8 Å². The molecule has 0 bridgehead atoms. The Bertz CT molecular complexity index is 775. The van der Waals surface area contributed by atoms with E-state index in [9.17, 15) is 9.59 Å². The zero-order valence-electron chi connectivity index (χ0n) is 12.5. The number of benzene rings is 2. The van der Waals surface area contributed by atoms with Gasteiger partial charge < -0.3 is 9.84 Å². The molecule has 0 heterocycles. The van der Waals surface area contributed by atoms with Crippen LogP contribution in [0, 0.1) is 0 Å². The van der Waals surface area contributed by atoms with E-state index in [1.807, 2.05) is 24.3 Å². The van der Waals surface area contributed by atoms with Gasteiger partial charge in [0.1, 0.15) is 5.75 Å². The Hall–Kier alpha value is -3.14. The van der Waals surface area contributed by atoms with E-state index < -0.39 is 11.9 Å². The van der Waals surface area contributed by atoms with Crippen molar-refractivity contribution in [3.8, 4) is 16.9 Å². The number of fused-ring (bicyclic) bond motifs is 3. The molecule has 4 nitrogen and oxygen atoms in total. The third-order valence-electron chi connectivity index (χ3n) is 3.36. The topological polar surface area (TPSA) is 63.6 Å². The van der Waals surface area contributed by atoms with E-state index in [0.29, 0.717) is 5.75 Å². The maximum Gasteiger partial charge on any atom is 0.335 e. The van der Waals surface area contributed by atoms with E-state index in [0.717, 1.165) is 23.6 Å². The molecule has 1 N–H and O–H groups in total. The molecule has 1 aliphatic carbocycles. The summed E-state index contributed by atoms with van der Waals surface area (Å²) < 4.78 is 5.28. The standard InChI is InChI=1S/C16H12O2.C3H4O2/c1-2-16(17)18-15-9-5-8-13-12-7-4-3-6-11(12)10-14(13)15;1-2-3(4)5/h2-9H,1,10H2;2H,1H2,(H,4,5). The molecule has 0 amide bonds. The SMILES string of the molecule is C=CC(=O)O.C=CC(=O)Oc1cccc2c1Cc1ccccc1-2. The first kappa shape index (κ1) is 16.2. The fourth-order valence-corrected chi connectivity index (χ4v) is 2.37. The van der Waals surface area contributed by atoms with E-state index in [2.05, 4.69) is 31.4 Å². The maximum atomic E-state index is 11.3. The first-order valence-corrected chi connectivity index (χ1v) is 6.96. The van der Waals surface area contributed by atoms with Crippen molar-refractivity contribution in [1.29, 1.82) is 0 Å². The molecule has 0 unspecified atom stereocenters. The summed E-state index contributed by atoms with van der Waals surface area (Å²) >= 11 is 0. The highest BCUT2D eigenvalue weighted by Gasteiger charge is 2.21. The number of rotatable bonds is 3. The molecular weight excluding hydrogens is 292 g/mol. The lowest BCUT2D eigenvalue weighted by atomic mass is 10.1. The van der Waals surface area contributed by atoms with Crippen LogP contribution < -0.4 is 4.74 Å². The molecule has 0 fully saturated rings. The summed E-state index contributed by atoms with van der Waals surface area (Å²) in [7, 11) is 0. The minimum atomic E-state index is -0.981. The van der Waals surface area contributed by atoms with Crippen LogP contribution in [0.1, 0.15) is 11.1 Å². The Balaban J connectivity index is 0.000000338. The molecule has 0 aromatic heterocycles. The molecule has 0 aliphatic heterocycles. The van der Waals surface area contributed by atoms with Gasteiger partial charge in [0, 0.05) is 24.1 Å². The number of esters is 1. The molecule has 2 aromatic rings. The fourth-order valence-electron chi connectivity index (χ4n) is 2.37. The van der Waals surface area contributed by atoms with Crippen molar-refractivity contribution in [3.63, 3.8) is 0 Å². The zero-order valence-corrected chi connectivity index (χ0v) is 12.5. The van der Waals surface area contributed by atoms with Gasteiger partial charge in [-0.2, -0.15) is 0 Å². The number of hydrogen-bond acceptors (Lipinski definition) is 3. The number of carboxylic acids is 1. The van der Waals surface area contributed by atoms with Gasteiger partial charge in [-0.1, -0.05) is 49.6 Å². The fraction of sp³-hybridized carbons (Fsp3) is 0.0526. The lowest BCUT2D eigenvalue weighted by Gasteiger charge is -2.07. The van der Waals surface area contributed by atoms with Crippen LogP contribution in [0.5, 0.6) is 5.75 Å². The number of ether oxygens (including phenoxy) is 1. The van der Waals surface area contributed by atoms with E-state index >= 15 is 0 Å². The summed E-state index contributed by atoms with van der Waals surface area (Å²) in [6, 6.07) is 14.1. The summed E-state index contributed by atoms with van der Waals surface area (Å²) in [5.41, 5.74) is 4.73. The third-order valence-corrected chi connectivity index (χ3v) is 3.36. The molecule has 0 saturated carbocycles. The van der Waals surface area contributed by atoms with Gasteiger partial charge in [-0.15, -0.1) is 0 Å². The van der Waals surface area contributed by atoms with Gasteiger partial charge in [-0.25, -0.2) is 9.59 Å². The second-order valence-electron chi connectivity index (χ2n) is 4.78. The predicted molar refractivity (Wildman–Crippen MR) is 88.3 cm³/mol. The number of carboxylic acid groups (broad SMARTS) is 1. The Morgan fingerprint density at radius 2 is 1.65 bits per heavy atom. The Morgan fingerprint density at radius 3 is 2.30 bits per heavy atom. The maximum absolute atomic E-state index is 11.3. The Morgan fingerprint density at radius 1 is 1.00 bits per heavy atom. The lowest BCUT2D eigenvalue weighted by Crippen LogP contribution is -2.04. The highest BCUT2D eigenvalue weighted by molar-refractivity contribution is 5.85.